The molecule has 0 amide bonds. The summed E-state index contributed by atoms with van der Waals surface area (Å²) in [5.41, 5.74) is 1.02. The quantitative estimate of drug-likeness (QED) is 0.672. The van der Waals surface area contributed by atoms with Crippen molar-refractivity contribution in [2.75, 3.05) is 0 Å². The van der Waals surface area contributed by atoms with E-state index in [0.717, 1.165) is 27.0 Å². The van der Waals surface area contributed by atoms with Crippen molar-refractivity contribution in [3.05, 3.63) is 33.4 Å². The van der Waals surface area contributed by atoms with Gasteiger partial charge < -0.3 is 0 Å². The maximum absolute atomic E-state index is 13.1. The van der Waals surface area contributed by atoms with E-state index in [0.29, 0.717) is 10.4 Å². The van der Waals surface area contributed by atoms with E-state index in [1.54, 1.807) is 0 Å². The van der Waals surface area contributed by atoms with Gasteiger partial charge in [-0.05, 0) is 27.6 Å². The minimum atomic E-state index is -0.179. The molecule has 0 unspecified atom stereocenters. The zero-order valence-electron chi connectivity index (χ0n) is 6.48. The maximum atomic E-state index is 13.1. The standard InChI is InChI=1S/C9H5BrClFS/c10-8-6-2-1-5(4-11)3-7(6)13-9(8)12/h1-3H,4H2. The van der Waals surface area contributed by atoms with Crippen LogP contribution >= 0.6 is 38.9 Å². The van der Waals surface area contributed by atoms with Crippen molar-refractivity contribution in [1.82, 2.24) is 0 Å². The van der Waals surface area contributed by atoms with Crippen molar-refractivity contribution in [3.8, 4) is 0 Å². The summed E-state index contributed by atoms with van der Waals surface area (Å²) in [6.07, 6.45) is 0. The maximum Gasteiger partial charge on any atom is 0.191 e. The van der Waals surface area contributed by atoms with Crippen molar-refractivity contribution < 1.29 is 4.39 Å². The smallest absolute Gasteiger partial charge is 0.191 e. The number of thiophene rings is 1. The summed E-state index contributed by atoms with van der Waals surface area (Å²) < 4.78 is 14.6. The molecule has 68 valence electrons. The Morgan fingerprint density at radius 1 is 1.46 bits per heavy atom. The molecule has 0 saturated heterocycles. The number of alkyl halides is 1. The summed E-state index contributed by atoms with van der Waals surface area (Å²) >= 11 is 10.0. The molecule has 0 saturated carbocycles. The average molecular weight is 280 g/mol. The largest absolute Gasteiger partial charge is 0.194 e. The highest BCUT2D eigenvalue weighted by molar-refractivity contribution is 9.10. The first-order valence-electron chi connectivity index (χ1n) is 3.65. The second-order valence-electron chi connectivity index (χ2n) is 2.65. The number of rotatable bonds is 1. The second-order valence-corrected chi connectivity index (χ2v) is 4.72. The lowest BCUT2D eigenvalue weighted by molar-refractivity contribution is 0.652. The highest BCUT2D eigenvalue weighted by Crippen LogP contribution is 2.34. The minimum absolute atomic E-state index is 0.179. The Morgan fingerprint density at radius 2 is 2.23 bits per heavy atom. The Labute approximate surface area is 92.5 Å². The highest BCUT2D eigenvalue weighted by atomic mass is 79.9. The molecule has 0 atom stereocenters. The summed E-state index contributed by atoms with van der Waals surface area (Å²) in [4.78, 5) is 0. The summed E-state index contributed by atoms with van der Waals surface area (Å²) in [5, 5.41) is 0.734. The Kier molecular flexibility index (Phi) is 2.58. The van der Waals surface area contributed by atoms with Crippen LogP contribution in [0.25, 0.3) is 10.1 Å². The van der Waals surface area contributed by atoms with Crippen molar-refractivity contribution in [1.29, 1.82) is 0 Å². The molecule has 0 bridgehead atoms. The van der Waals surface area contributed by atoms with E-state index in [4.69, 9.17) is 11.6 Å². The molecule has 2 aromatic rings. The normalized spacial score (nSPS) is 11.0. The molecule has 0 N–H and O–H groups in total. The molecule has 1 aromatic heterocycles. The van der Waals surface area contributed by atoms with E-state index in [1.165, 1.54) is 0 Å². The first-order valence-corrected chi connectivity index (χ1v) is 5.79. The van der Waals surface area contributed by atoms with E-state index < -0.39 is 0 Å². The Morgan fingerprint density at radius 3 is 2.92 bits per heavy atom. The first kappa shape index (κ1) is 9.44. The molecule has 0 aliphatic heterocycles. The van der Waals surface area contributed by atoms with Crippen LogP contribution in [0.3, 0.4) is 0 Å². The lowest BCUT2D eigenvalue weighted by Crippen LogP contribution is -1.74. The van der Waals surface area contributed by atoms with Crippen LogP contribution in [0.4, 0.5) is 4.39 Å². The molecular formula is C9H5BrClFS. The van der Waals surface area contributed by atoms with E-state index in [-0.39, 0.29) is 5.13 Å². The molecule has 0 spiro atoms. The summed E-state index contributed by atoms with van der Waals surface area (Å²) in [6, 6.07) is 5.71. The lowest BCUT2D eigenvalue weighted by Gasteiger charge is -1.94. The van der Waals surface area contributed by atoms with Gasteiger partial charge in [-0.1, -0.05) is 12.1 Å². The van der Waals surface area contributed by atoms with Gasteiger partial charge in [0.15, 0.2) is 5.13 Å². The van der Waals surface area contributed by atoms with Crippen molar-refractivity contribution in [3.63, 3.8) is 0 Å². The third-order valence-corrected chi connectivity index (χ3v) is 4.10. The van der Waals surface area contributed by atoms with Gasteiger partial charge in [0.25, 0.3) is 0 Å². The van der Waals surface area contributed by atoms with Gasteiger partial charge in [0, 0.05) is 16.0 Å². The second kappa shape index (κ2) is 3.56. The van der Waals surface area contributed by atoms with Crippen molar-refractivity contribution in [2.45, 2.75) is 5.88 Å². The minimum Gasteiger partial charge on any atom is -0.194 e. The third-order valence-electron chi connectivity index (χ3n) is 1.81. The topological polar surface area (TPSA) is 0 Å². The Hall–Kier alpha value is -0.120. The van der Waals surface area contributed by atoms with Gasteiger partial charge in [0.1, 0.15) is 0 Å². The molecule has 0 nitrogen and oxygen atoms in total. The third kappa shape index (κ3) is 1.60. The van der Waals surface area contributed by atoms with Gasteiger partial charge in [0.05, 0.1) is 4.47 Å². The number of benzene rings is 1. The van der Waals surface area contributed by atoms with Gasteiger partial charge in [0.2, 0.25) is 0 Å². The van der Waals surface area contributed by atoms with E-state index in [2.05, 4.69) is 15.9 Å². The van der Waals surface area contributed by atoms with Crippen LogP contribution in [0.2, 0.25) is 0 Å². The van der Waals surface area contributed by atoms with Crippen molar-refractivity contribution in [2.24, 2.45) is 0 Å². The fourth-order valence-electron chi connectivity index (χ4n) is 1.16. The van der Waals surface area contributed by atoms with Crippen LogP contribution in [-0.4, -0.2) is 0 Å². The fraction of sp³-hybridized carbons (Fsp3) is 0.111. The summed E-state index contributed by atoms with van der Waals surface area (Å²) in [5.74, 6) is 0.465. The zero-order chi connectivity index (χ0) is 9.42. The van der Waals surface area contributed by atoms with Crippen molar-refractivity contribution >= 4 is 49.0 Å². The SMILES string of the molecule is Fc1sc2cc(CCl)ccc2c1Br. The molecule has 0 aliphatic rings. The molecular weight excluding hydrogens is 275 g/mol. The Balaban J connectivity index is 2.73. The van der Waals surface area contributed by atoms with Gasteiger partial charge >= 0.3 is 0 Å². The van der Waals surface area contributed by atoms with Gasteiger partial charge in [-0.15, -0.1) is 22.9 Å². The Bertz CT molecular complexity index is 452. The average Bonchev–Trinajstić information content (AvgIpc) is 2.42. The van der Waals surface area contributed by atoms with Crippen LogP contribution in [0.1, 0.15) is 5.56 Å². The zero-order valence-corrected chi connectivity index (χ0v) is 9.64. The predicted molar refractivity (Wildman–Crippen MR) is 59.0 cm³/mol. The van der Waals surface area contributed by atoms with Crippen LogP contribution in [-0.2, 0) is 5.88 Å². The predicted octanol–water partition coefficient (Wildman–Crippen LogP) is 4.54. The molecule has 1 heterocycles. The van der Waals surface area contributed by atoms with Gasteiger partial charge in [-0.2, -0.15) is 4.39 Å². The van der Waals surface area contributed by atoms with E-state index in [1.807, 2.05) is 18.2 Å². The molecule has 13 heavy (non-hydrogen) atoms. The first-order chi connectivity index (χ1) is 6.22. The van der Waals surface area contributed by atoms with Crippen LogP contribution in [0.15, 0.2) is 22.7 Å². The molecule has 0 aliphatic carbocycles. The van der Waals surface area contributed by atoms with E-state index >= 15 is 0 Å². The van der Waals surface area contributed by atoms with E-state index in [9.17, 15) is 4.39 Å². The molecule has 0 radical (unpaired) electrons. The fourth-order valence-corrected chi connectivity index (χ4v) is 2.93. The number of hydrogen-bond donors (Lipinski definition) is 0. The summed E-state index contributed by atoms with van der Waals surface area (Å²) in [7, 11) is 0. The number of hydrogen-bond acceptors (Lipinski definition) is 1. The van der Waals surface area contributed by atoms with Gasteiger partial charge in [-0.25, -0.2) is 0 Å². The van der Waals surface area contributed by atoms with Crippen LogP contribution in [0, 0.1) is 5.13 Å². The lowest BCUT2D eigenvalue weighted by atomic mass is 10.2. The van der Waals surface area contributed by atoms with Crippen LogP contribution in [0.5, 0.6) is 0 Å². The summed E-state index contributed by atoms with van der Waals surface area (Å²) in [6.45, 7) is 0. The number of halogens is 3. The molecule has 4 heteroatoms. The monoisotopic (exact) mass is 278 g/mol. The highest BCUT2D eigenvalue weighted by Gasteiger charge is 2.08. The van der Waals surface area contributed by atoms with Crippen LogP contribution < -0.4 is 0 Å². The van der Waals surface area contributed by atoms with Gasteiger partial charge in [-0.3, -0.25) is 0 Å². The molecule has 1 aromatic carbocycles. The number of fused-ring (bicyclic) bond motifs is 1. The molecule has 2 rings (SSSR count). The molecule has 0 fully saturated rings.